The van der Waals surface area contributed by atoms with Crippen LogP contribution in [0.3, 0.4) is 0 Å². The number of nitriles is 1. The second-order valence-electron chi connectivity index (χ2n) is 4.25. The lowest BCUT2D eigenvalue weighted by molar-refractivity contribution is 0.211. The molecule has 21 heavy (non-hydrogen) atoms. The first-order valence-electron chi connectivity index (χ1n) is 6.35. The number of nitrogens with zero attached hydrogens (tertiary/aromatic N) is 1. The van der Waals surface area contributed by atoms with Gasteiger partial charge in [-0.2, -0.15) is 5.26 Å². The molecule has 0 saturated carbocycles. The average Bonchev–Trinajstić information content (AvgIpc) is 2.49. The van der Waals surface area contributed by atoms with Crippen molar-refractivity contribution >= 4 is 15.9 Å². The van der Waals surface area contributed by atoms with E-state index in [9.17, 15) is 4.39 Å². The molecule has 0 aliphatic rings. The van der Waals surface area contributed by atoms with Gasteiger partial charge in [-0.25, -0.2) is 4.39 Å². The van der Waals surface area contributed by atoms with E-state index in [-0.39, 0.29) is 12.4 Å². The maximum atomic E-state index is 13.4. The van der Waals surface area contributed by atoms with Crippen LogP contribution in [0.5, 0.6) is 11.5 Å². The summed E-state index contributed by atoms with van der Waals surface area (Å²) in [6.45, 7) is 0.552. The summed E-state index contributed by atoms with van der Waals surface area (Å²) in [5.41, 5.74) is 0.942. The fourth-order valence-corrected chi connectivity index (χ4v) is 2.03. The molecule has 0 spiro atoms. The average molecular weight is 350 g/mol. The van der Waals surface area contributed by atoms with Crippen molar-refractivity contribution in [3.63, 3.8) is 0 Å². The summed E-state index contributed by atoms with van der Waals surface area (Å²) in [7, 11) is 0. The normalized spacial score (nSPS) is 9.95. The van der Waals surface area contributed by atoms with Gasteiger partial charge in [-0.05, 0) is 35.9 Å². The number of ether oxygens (including phenoxy) is 2. The molecule has 0 N–H and O–H groups in total. The van der Waals surface area contributed by atoms with Gasteiger partial charge in [0.05, 0.1) is 12.5 Å². The summed E-state index contributed by atoms with van der Waals surface area (Å²) in [4.78, 5) is 0. The molecule has 2 rings (SSSR count). The quantitative estimate of drug-likeness (QED) is 0.737. The minimum absolute atomic E-state index is 0.192. The van der Waals surface area contributed by atoms with Crippen molar-refractivity contribution in [1.29, 1.82) is 5.26 Å². The molecule has 0 fully saturated rings. The molecular weight excluding hydrogens is 337 g/mol. The Labute approximate surface area is 131 Å². The molecule has 3 nitrogen and oxygen atoms in total. The third kappa shape index (κ3) is 4.76. The highest BCUT2D eigenvalue weighted by Gasteiger charge is 2.04. The lowest BCUT2D eigenvalue weighted by Crippen LogP contribution is -2.09. The van der Waals surface area contributed by atoms with E-state index in [2.05, 4.69) is 22.0 Å². The second-order valence-corrected chi connectivity index (χ2v) is 5.17. The molecule has 0 aliphatic carbocycles. The van der Waals surface area contributed by atoms with Crippen molar-refractivity contribution in [2.24, 2.45) is 0 Å². The van der Waals surface area contributed by atoms with Crippen LogP contribution >= 0.6 is 15.9 Å². The zero-order chi connectivity index (χ0) is 15.1. The molecule has 0 unspecified atom stereocenters. The van der Waals surface area contributed by atoms with Crippen molar-refractivity contribution in [2.45, 2.75) is 6.42 Å². The summed E-state index contributed by atoms with van der Waals surface area (Å²) in [5.74, 6) is 0.478. The SMILES string of the molecule is N#CCc1ccc(OCCOc2cc(Br)ccc2F)cc1. The van der Waals surface area contributed by atoms with E-state index in [4.69, 9.17) is 14.7 Å². The van der Waals surface area contributed by atoms with Crippen LogP contribution in [0, 0.1) is 17.1 Å². The molecule has 0 amide bonds. The van der Waals surface area contributed by atoms with E-state index in [0.717, 1.165) is 10.0 Å². The number of rotatable bonds is 6. The maximum absolute atomic E-state index is 13.4. The van der Waals surface area contributed by atoms with Crippen LogP contribution in [0.25, 0.3) is 0 Å². The highest BCUT2D eigenvalue weighted by Crippen LogP contribution is 2.22. The summed E-state index contributed by atoms with van der Waals surface area (Å²) in [6.07, 6.45) is 0.381. The molecule has 0 aromatic heterocycles. The third-order valence-corrected chi connectivity index (χ3v) is 3.20. The molecule has 2 aromatic carbocycles. The van der Waals surface area contributed by atoms with E-state index in [1.807, 2.05) is 12.1 Å². The van der Waals surface area contributed by atoms with E-state index in [0.29, 0.717) is 18.8 Å². The molecule has 0 aliphatic heterocycles. The van der Waals surface area contributed by atoms with E-state index in [1.54, 1.807) is 24.3 Å². The second kappa shape index (κ2) is 7.65. The summed E-state index contributed by atoms with van der Waals surface area (Å²) < 4.78 is 25.0. The van der Waals surface area contributed by atoms with Crippen molar-refractivity contribution in [2.75, 3.05) is 13.2 Å². The fraction of sp³-hybridized carbons (Fsp3) is 0.188. The maximum Gasteiger partial charge on any atom is 0.165 e. The number of halogens is 2. The minimum atomic E-state index is -0.404. The Morgan fingerprint density at radius 2 is 1.76 bits per heavy atom. The Morgan fingerprint density at radius 1 is 1.05 bits per heavy atom. The number of benzene rings is 2. The van der Waals surface area contributed by atoms with Crippen LogP contribution in [0.15, 0.2) is 46.9 Å². The molecule has 0 radical (unpaired) electrons. The van der Waals surface area contributed by atoms with Gasteiger partial charge in [0, 0.05) is 4.47 Å². The first-order valence-corrected chi connectivity index (χ1v) is 7.15. The van der Waals surface area contributed by atoms with Crippen molar-refractivity contribution < 1.29 is 13.9 Å². The number of hydrogen-bond acceptors (Lipinski definition) is 3. The van der Waals surface area contributed by atoms with Gasteiger partial charge in [-0.3, -0.25) is 0 Å². The molecular formula is C16H13BrFNO2. The lowest BCUT2D eigenvalue weighted by Gasteiger charge is -2.09. The van der Waals surface area contributed by atoms with Crippen molar-refractivity contribution in [3.8, 4) is 17.6 Å². The predicted molar refractivity (Wildman–Crippen MR) is 80.8 cm³/mol. The van der Waals surface area contributed by atoms with E-state index >= 15 is 0 Å². The Bertz CT molecular complexity index is 638. The Kier molecular flexibility index (Phi) is 5.59. The van der Waals surface area contributed by atoms with Gasteiger partial charge < -0.3 is 9.47 Å². The van der Waals surface area contributed by atoms with Crippen LogP contribution in [0.1, 0.15) is 5.56 Å². The molecule has 0 bridgehead atoms. The highest BCUT2D eigenvalue weighted by atomic mass is 79.9. The standard InChI is InChI=1S/C16H13BrFNO2/c17-13-3-6-15(18)16(11-13)21-10-9-20-14-4-1-12(2-5-14)7-8-19/h1-6,11H,7,9-10H2. The predicted octanol–water partition coefficient (Wildman–Crippen LogP) is 4.11. The number of hydrogen-bond donors (Lipinski definition) is 0. The Hall–Kier alpha value is -2.06. The van der Waals surface area contributed by atoms with Crippen molar-refractivity contribution in [1.82, 2.24) is 0 Å². The molecule has 2 aromatic rings. The fourth-order valence-electron chi connectivity index (χ4n) is 1.69. The van der Waals surface area contributed by atoms with Crippen LogP contribution in [-0.4, -0.2) is 13.2 Å². The molecule has 0 heterocycles. The first-order chi connectivity index (χ1) is 10.2. The van der Waals surface area contributed by atoms with Gasteiger partial charge in [-0.15, -0.1) is 0 Å². The molecule has 108 valence electrons. The molecule has 0 atom stereocenters. The third-order valence-electron chi connectivity index (χ3n) is 2.71. The Morgan fingerprint density at radius 3 is 2.48 bits per heavy atom. The van der Waals surface area contributed by atoms with Crippen LogP contribution in [0.2, 0.25) is 0 Å². The van der Waals surface area contributed by atoms with Gasteiger partial charge in [0.25, 0.3) is 0 Å². The van der Waals surface area contributed by atoms with Crippen LogP contribution < -0.4 is 9.47 Å². The van der Waals surface area contributed by atoms with Gasteiger partial charge in [-0.1, -0.05) is 28.1 Å². The van der Waals surface area contributed by atoms with E-state index in [1.165, 1.54) is 6.07 Å². The van der Waals surface area contributed by atoms with Gasteiger partial charge in [0.2, 0.25) is 0 Å². The molecule has 5 heteroatoms. The van der Waals surface area contributed by atoms with E-state index < -0.39 is 5.82 Å². The zero-order valence-corrected chi connectivity index (χ0v) is 12.8. The van der Waals surface area contributed by atoms with Gasteiger partial charge in [0.1, 0.15) is 19.0 Å². The largest absolute Gasteiger partial charge is 0.490 e. The first kappa shape index (κ1) is 15.3. The summed E-state index contributed by atoms with van der Waals surface area (Å²) >= 11 is 3.26. The van der Waals surface area contributed by atoms with Gasteiger partial charge in [0.15, 0.2) is 11.6 Å². The van der Waals surface area contributed by atoms with Crippen LogP contribution in [0.4, 0.5) is 4.39 Å². The van der Waals surface area contributed by atoms with Crippen molar-refractivity contribution in [3.05, 3.63) is 58.3 Å². The van der Waals surface area contributed by atoms with Gasteiger partial charge >= 0.3 is 0 Å². The monoisotopic (exact) mass is 349 g/mol. The topological polar surface area (TPSA) is 42.2 Å². The smallest absolute Gasteiger partial charge is 0.165 e. The highest BCUT2D eigenvalue weighted by molar-refractivity contribution is 9.10. The summed E-state index contributed by atoms with van der Waals surface area (Å²) in [5, 5.41) is 8.58. The summed E-state index contributed by atoms with van der Waals surface area (Å²) in [6, 6.07) is 13.9. The minimum Gasteiger partial charge on any atom is -0.490 e. The lowest BCUT2D eigenvalue weighted by atomic mass is 10.2. The zero-order valence-electron chi connectivity index (χ0n) is 11.2. The molecule has 0 saturated heterocycles. The van der Waals surface area contributed by atoms with Crippen LogP contribution in [-0.2, 0) is 6.42 Å². The Balaban J connectivity index is 1.79.